The SMILES string of the molecule is CONC(=O)C1CCCN(S(=O)(=O)c2ccccc2)C1. The highest BCUT2D eigenvalue weighted by Gasteiger charge is 2.33. The molecule has 1 fully saturated rings. The van der Waals surface area contributed by atoms with Crippen molar-refractivity contribution in [3.8, 4) is 0 Å². The lowest BCUT2D eigenvalue weighted by Crippen LogP contribution is -2.45. The summed E-state index contributed by atoms with van der Waals surface area (Å²) in [6.07, 6.45) is 1.32. The molecule has 7 heteroatoms. The van der Waals surface area contributed by atoms with Crippen molar-refractivity contribution in [2.75, 3.05) is 20.2 Å². The van der Waals surface area contributed by atoms with Crippen LogP contribution in [0.5, 0.6) is 0 Å². The van der Waals surface area contributed by atoms with Crippen LogP contribution in [0.1, 0.15) is 12.8 Å². The summed E-state index contributed by atoms with van der Waals surface area (Å²) in [5.74, 6) is -0.650. The maximum Gasteiger partial charge on any atom is 0.247 e. The Kier molecular flexibility index (Phi) is 4.74. The Bertz CT molecular complexity index is 559. The van der Waals surface area contributed by atoms with E-state index in [0.29, 0.717) is 19.4 Å². The summed E-state index contributed by atoms with van der Waals surface area (Å²) < 4.78 is 26.3. The van der Waals surface area contributed by atoms with Crippen molar-refractivity contribution in [3.05, 3.63) is 30.3 Å². The standard InChI is InChI=1S/C13H18N2O4S/c1-19-14-13(16)11-6-5-9-15(10-11)20(17,18)12-7-3-2-4-8-12/h2-4,7-8,11H,5-6,9-10H2,1H3,(H,14,16). The van der Waals surface area contributed by atoms with Crippen molar-refractivity contribution in [2.45, 2.75) is 17.7 Å². The number of hydroxylamine groups is 1. The molecule has 1 aliphatic heterocycles. The number of hydrogen-bond acceptors (Lipinski definition) is 4. The van der Waals surface area contributed by atoms with Gasteiger partial charge >= 0.3 is 0 Å². The Hall–Kier alpha value is -1.44. The molecule has 6 nitrogen and oxygen atoms in total. The van der Waals surface area contributed by atoms with Crippen LogP contribution < -0.4 is 5.48 Å². The number of nitrogens with one attached hydrogen (secondary N) is 1. The van der Waals surface area contributed by atoms with Crippen LogP contribution in [0.4, 0.5) is 0 Å². The van der Waals surface area contributed by atoms with Crippen LogP contribution in [0.25, 0.3) is 0 Å². The molecule has 0 bridgehead atoms. The Morgan fingerprint density at radius 2 is 2.05 bits per heavy atom. The lowest BCUT2D eigenvalue weighted by Gasteiger charge is -2.30. The van der Waals surface area contributed by atoms with E-state index in [1.165, 1.54) is 11.4 Å². The van der Waals surface area contributed by atoms with Crippen LogP contribution in [0.3, 0.4) is 0 Å². The van der Waals surface area contributed by atoms with Crippen LogP contribution in [-0.2, 0) is 19.7 Å². The lowest BCUT2D eigenvalue weighted by atomic mass is 9.99. The number of sulfonamides is 1. The van der Waals surface area contributed by atoms with Gasteiger partial charge in [-0.2, -0.15) is 4.31 Å². The molecule has 110 valence electrons. The Labute approximate surface area is 118 Å². The smallest absolute Gasteiger partial charge is 0.247 e. The van der Waals surface area contributed by atoms with Crippen molar-refractivity contribution in [1.82, 2.24) is 9.79 Å². The van der Waals surface area contributed by atoms with Gasteiger partial charge in [0.25, 0.3) is 0 Å². The molecule has 0 aromatic heterocycles. The molecule has 1 heterocycles. The van der Waals surface area contributed by atoms with Gasteiger partial charge in [-0.25, -0.2) is 13.9 Å². The summed E-state index contributed by atoms with van der Waals surface area (Å²) in [6.45, 7) is 0.625. The molecule has 1 N–H and O–H groups in total. The summed E-state index contributed by atoms with van der Waals surface area (Å²) >= 11 is 0. The van der Waals surface area contributed by atoms with E-state index in [2.05, 4.69) is 10.3 Å². The number of carbonyl (C=O) groups is 1. The number of amides is 1. The topological polar surface area (TPSA) is 75.7 Å². The van der Waals surface area contributed by atoms with E-state index in [4.69, 9.17) is 0 Å². The fraction of sp³-hybridized carbons (Fsp3) is 0.462. The number of benzene rings is 1. The van der Waals surface area contributed by atoms with E-state index in [-0.39, 0.29) is 23.3 Å². The van der Waals surface area contributed by atoms with Crippen molar-refractivity contribution < 1.29 is 18.0 Å². The fourth-order valence-electron chi connectivity index (χ4n) is 2.30. The van der Waals surface area contributed by atoms with Gasteiger partial charge in [0.2, 0.25) is 15.9 Å². The molecule has 20 heavy (non-hydrogen) atoms. The summed E-state index contributed by atoms with van der Waals surface area (Å²) in [5, 5.41) is 0. The summed E-state index contributed by atoms with van der Waals surface area (Å²) in [7, 11) is -2.17. The average Bonchev–Trinajstić information content (AvgIpc) is 2.48. The fourth-order valence-corrected chi connectivity index (χ4v) is 3.85. The van der Waals surface area contributed by atoms with Gasteiger partial charge in [0.15, 0.2) is 0 Å². The monoisotopic (exact) mass is 298 g/mol. The van der Waals surface area contributed by atoms with Crippen LogP contribution in [0.15, 0.2) is 35.2 Å². The third-order valence-electron chi connectivity index (χ3n) is 3.34. The second kappa shape index (κ2) is 6.34. The minimum absolute atomic E-state index is 0.187. The van der Waals surface area contributed by atoms with E-state index in [9.17, 15) is 13.2 Å². The predicted octanol–water partition coefficient (Wildman–Crippen LogP) is 0.765. The van der Waals surface area contributed by atoms with Gasteiger partial charge < -0.3 is 0 Å². The molecule has 1 saturated heterocycles. The highest BCUT2D eigenvalue weighted by atomic mass is 32.2. The summed E-state index contributed by atoms with van der Waals surface area (Å²) in [6, 6.07) is 8.27. The molecule has 1 aromatic carbocycles. The zero-order chi connectivity index (χ0) is 14.6. The van der Waals surface area contributed by atoms with Crippen LogP contribution in [-0.4, -0.2) is 38.8 Å². The molecule has 0 radical (unpaired) electrons. The minimum Gasteiger partial charge on any atom is -0.277 e. The number of carbonyl (C=O) groups excluding carboxylic acids is 1. The number of rotatable bonds is 4. The van der Waals surface area contributed by atoms with Crippen molar-refractivity contribution in [3.63, 3.8) is 0 Å². The average molecular weight is 298 g/mol. The van der Waals surface area contributed by atoms with Crippen molar-refractivity contribution in [2.24, 2.45) is 5.92 Å². The molecule has 0 spiro atoms. The Morgan fingerprint density at radius 1 is 1.35 bits per heavy atom. The van der Waals surface area contributed by atoms with Gasteiger partial charge in [0, 0.05) is 13.1 Å². The Morgan fingerprint density at radius 3 is 2.70 bits per heavy atom. The number of piperidine rings is 1. The van der Waals surface area contributed by atoms with Crippen LogP contribution in [0, 0.1) is 5.92 Å². The normalized spacial score (nSPS) is 20.6. The molecule has 0 saturated carbocycles. The highest BCUT2D eigenvalue weighted by Crippen LogP contribution is 2.23. The minimum atomic E-state index is -3.53. The van der Waals surface area contributed by atoms with Crippen LogP contribution >= 0.6 is 0 Å². The third-order valence-corrected chi connectivity index (χ3v) is 5.22. The second-order valence-electron chi connectivity index (χ2n) is 4.69. The second-order valence-corrected chi connectivity index (χ2v) is 6.62. The largest absolute Gasteiger partial charge is 0.277 e. The zero-order valence-electron chi connectivity index (χ0n) is 11.3. The first kappa shape index (κ1) is 15.0. The van der Waals surface area contributed by atoms with Gasteiger partial charge in [0.05, 0.1) is 17.9 Å². The third kappa shape index (κ3) is 3.17. The quantitative estimate of drug-likeness (QED) is 0.833. The molecule has 1 amide bonds. The lowest BCUT2D eigenvalue weighted by molar-refractivity contribution is -0.136. The van der Waals surface area contributed by atoms with Crippen molar-refractivity contribution >= 4 is 15.9 Å². The van der Waals surface area contributed by atoms with E-state index in [1.807, 2.05) is 0 Å². The van der Waals surface area contributed by atoms with Gasteiger partial charge in [-0.15, -0.1) is 0 Å². The van der Waals surface area contributed by atoms with Crippen molar-refractivity contribution in [1.29, 1.82) is 0 Å². The van der Waals surface area contributed by atoms with Gasteiger partial charge in [-0.05, 0) is 25.0 Å². The van der Waals surface area contributed by atoms with Gasteiger partial charge in [-0.1, -0.05) is 18.2 Å². The molecule has 2 rings (SSSR count). The molecule has 0 aliphatic carbocycles. The summed E-state index contributed by atoms with van der Waals surface area (Å²) in [4.78, 5) is 16.6. The highest BCUT2D eigenvalue weighted by molar-refractivity contribution is 7.89. The first-order chi connectivity index (χ1) is 9.55. The molecule has 1 unspecified atom stereocenters. The van der Waals surface area contributed by atoms with E-state index < -0.39 is 10.0 Å². The maximum atomic E-state index is 12.5. The van der Waals surface area contributed by atoms with E-state index in [1.54, 1.807) is 30.3 Å². The molecule has 1 aliphatic rings. The molecule has 1 aromatic rings. The Balaban J connectivity index is 2.15. The van der Waals surface area contributed by atoms with Crippen LogP contribution in [0.2, 0.25) is 0 Å². The number of nitrogens with zero attached hydrogens (tertiary/aromatic N) is 1. The predicted molar refractivity (Wildman–Crippen MR) is 73.1 cm³/mol. The van der Waals surface area contributed by atoms with E-state index >= 15 is 0 Å². The first-order valence-corrected chi connectivity index (χ1v) is 7.87. The molecule has 1 atom stereocenters. The first-order valence-electron chi connectivity index (χ1n) is 6.43. The molecular formula is C13H18N2O4S. The molecular weight excluding hydrogens is 280 g/mol. The van der Waals surface area contributed by atoms with Gasteiger partial charge in [0.1, 0.15) is 0 Å². The van der Waals surface area contributed by atoms with E-state index in [0.717, 1.165) is 0 Å². The summed E-state index contributed by atoms with van der Waals surface area (Å²) in [5.41, 5.74) is 2.27. The maximum absolute atomic E-state index is 12.5. The zero-order valence-corrected chi connectivity index (χ0v) is 12.1. The van der Waals surface area contributed by atoms with Gasteiger partial charge in [-0.3, -0.25) is 9.63 Å². The number of hydrogen-bond donors (Lipinski definition) is 1.